The van der Waals surface area contributed by atoms with Crippen LogP contribution >= 0.6 is 0 Å². The number of aliphatic carboxylic acids is 1. The Morgan fingerprint density at radius 1 is 1.02 bits per heavy atom. The molecule has 3 aromatic carbocycles. The van der Waals surface area contributed by atoms with Crippen molar-refractivity contribution in [2.45, 2.75) is 89.3 Å². The third kappa shape index (κ3) is 7.66. The highest BCUT2D eigenvalue weighted by molar-refractivity contribution is 6.99. The molecular formula is C39H48O7Si. The molecule has 2 N–H and O–H groups in total. The highest BCUT2D eigenvalue weighted by Gasteiger charge is 2.56. The van der Waals surface area contributed by atoms with Gasteiger partial charge in [0.1, 0.15) is 12.2 Å². The predicted octanol–water partition coefficient (Wildman–Crippen LogP) is 6.68. The van der Waals surface area contributed by atoms with Gasteiger partial charge in [0, 0.05) is 12.3 Å². The van der Waals surface area contributed by atoms with Crippen LogP contribution in [0.5, 0.6) is 17.2 Å². The van der Waals surface area contributed by atoms with Gasteiger partial charge in [-0.2, -0.15) is 0 Å². The van der Waals surface area contributed by atoms with Crippen LogP contribution in [0.1, 0.15) is 59.8 Å². The standard InChI is InChI=1S/C39H48O7Si/c1-6-7-15-27(2)24-28(40)22-23-31-34(25-35-37(31)44-33-21-14-20-32(38(33)45-35)43-26-36(41)42)46-47(39(3,4)5,29-16-10-8-11-17-29)30-18-12-9-13-19-30/h8-14,16-23,28,31,34-35,37,40H,2,6-7,15,24-26H2,1,3-5H3,(H,41,42)/b23-22+/t28-,31+,34-,35+,37-/m1/s1. The van der Waals surface area contributed by atoms with E-state index in [2.05, 4.69) is 82.8 Å². The second kappa shape index (κ2) is 14.9. The van der Waals surface area contributed by atoms with Crippen molar-refractivity contribution in [3.05, 3.63) is 103 Å². The predicted molar refractivity (Wildman–Crippen MR) is 187 cm³/mol. The molecule has 47 heavy (non-hydrogen) atoms. The Labute approximate surface area is 280 Å². The Morgan fingerprint density at radius 3 is 2.28 bits per heavy atom. The molecule has 0 bridgehead atoms. The van der Waals surface area contributed by atoms with Crippen LogP contribution in [0.2, 0.25) is 5.04 Å². The van der Waals surface area contributed by atoms with Crippen molar-refractivity contribution >= 4 is 24.7 Å². The number of aliphatic hydroxyl groups is 1. The summed E-state index contributed by atoms with van der Waals surface area (Å²) in [6, 6.07) is 26.3. The fraction of sp³-hybridized carbons (Fsp3) is 0.410. The summed E-state index contributed by atoms with van der Waals surface area (Å²) >= 11 is 0. The van der Waals surface area contributed by atoms with Gasteiger partial charge in [0.2, 0.25) is 5.75 Å². The first-order valence-corrected chi connectivity index (χ1v) is 18.6. The first-order chi connectivity index (χ1) is 22.5. The molecule has 0 spiro atoms. The fourth-order valence-electron chi connectivity index (χ4n) is 6.93. The number of unbranched alkanes of at least 4 members (excludes halogenated alkanes) is 1. The van der Waals surface area contributed by atoms with Crippen molar-refractivity contribution in [1.29, 1.82) is 0 Å². The van der Waals surface area contributed by atoms with Gasteiger partial charge in [0.05, 0.1) is 12.2 Å². The molecular weight excluding hydrogens is 609 g/mol. The lowest BCUT2D eigenvalue weighted by Gasteiger charge is -2.45. The average Bonchev–Trinajstić information content (AvgIpc) is 3.38. The van der Waals surface area contributed by atoms with E-state index in [1.165, 1.54) is 10.4 Å². The van der Waals surface area contributed by atoms with Crippen molar-refractivity contribution in [2.24, 2.45) is 5.92 Å². The molecule has 1 aliphatic heterocycles. The molecule has 1 heterocycles. The van der Waals surface area contributed by atoms with Crippen molar-refractivity contribution in [3.8, 4) is 17.2 Å². The maximum Gasteiger partial charge on any atom is 0.341 e. The van der Waals surface area contributed by atoms with Gasteiger partial charge in [0.25, 0.3) is 8.32 Å². The van der Waals surface area contributed by atoms with Gasteiger partial charge in [-0.15, -0.1) is 0 Å². The van der Waals surface area contributed by atoms with Gasteiger partial charge in [-0.25, -0.2) is 4.79 Å². The van der Waals surface area contributed by atoms with E-state index in [1.807, 2.05) is 30.4 Å². The molecule has 5 rings (SSSR count). The third-order valence-corrected chi connectivity index (χ3v) is 14.2. The average molecular weight is 657 g/mol. The lowest BCUT2D eigenvalue weighted by atomic mass is 9.99. The summed E-state index contributed by atoms with van der Waals surface area (Å²) < 4.78 is 26.4. The minimum absolute atomic E-state index is 0.239. The lowest BCUT2D eigenvalue weighted by molar-refractivity contribution is -0.139. The van der Waals surface area contributed by atoms with Crippen LogP contribution in [-0.4, -0.2) is 55.5 Å². The molecule has 1 aliphatic carbocycles. The number of benzene rings is 3. The summed E-state index contributed by atoms with van der Waals surface area (Å²) in [5, 5.41) is 22.4. The van der Waals surface area contributed by atoms with Crippen LogP contribution in [0.25, 0.3) is 0 Å². The number of ether oxygens (including phenoxy) is 3. The molecule has 250 valence electrons. The Kier molecular flexibility index (Phi) is 10.9. The number of hydrogen-bond acceptors (Lipinski definition) is 6. The van der Waals surface area contributed by atoms with Gasteiger partial charge >= 0.3 is 5.97 Å². The smallest absolute Gasteiger partial charge is 0.341 e. The Bertz CT molecular complexity index is 1490. The molecule has 5 atom stereocenters. The van der Waals surface area contributed by atoms with Gasteiger partial charge < -0.3 is 28.8 Å². The van der Waals surface area contributed by atoms with E-state index in [0.717, 1.165) is 24.8 Å². The molecule has 2 aliphatic rings. The van der Waals surface area contributed by atoms with E-state index < -0.39 is 33.1 Å². The first kappa shape index (κ1) is 34.5. The summed E-state index contributed by atoms with van der Waals surface area (Å²) in [5.41, 5.74) is 1.04. The SMILES string of the molecule is C=C(CCCC)C[C@H](O)/C=C/[C@@H]1[C@H]2Oc3cccc(OCC(=O)O)c3O[C@H]2C[C@H]1O[Si](c1ccccc1)(c1ccccc1)C(C)(C)C. The largest absolute Gasteiger partial charge is 0.482 e. The highest BCUT2D eigenvalue weighted by atomic mass is 28.4. The molecule has 0 radical (unpaired) electrons. The number of hydrogen-bond donors (Lipinski definition) is 2. The second-order valence-electron chi connectivity index (χ2n) is 13.6. The molecule has 7 nitrogen and oxygen atoms in total. The van der Waals surface area contributed by atoms with Crippen LogP contribution in [0.4, 0.5) is 0 Å². The monoisotopic (exact) mass is 656 g/mol. The van der Waals surface area contributed by atoms with Crippen molar-refractivity contribution in [2.75, 3.05) is 6.61 Å². The van der Waals surface area contributed by atoms with E-state index in [0.29, 0.717) is 30.1 Å². The number of para-hydroxylation sites is 1. The van der Waals surface area contributed by atoms with Crippen molar-refractivity contribution < 1.29 is 33.6 Å². The van der Waals surface area contributed by atoms with E-state index >= 15 is 0 Å². The highest BCUT2D eigenvalue weighted by Crippen LogP contribution is 2.49. The van der Waals surface area contributed by atoms with Crippen LogP contribution < -0.4 is 24.6 Å². The van der Waals surface area contributed by atoms with Gasteiger partial charge in [-0.05, 0) is 46.8 Å². The summed E-state index contributed by atoms with van der Waals surface area (Å²) in [7, 11) is -2.95. The topological polar surface area (TPSA) is 94.5 Å². The van der Waals surface area contributed by atoms with Crippen LogP contribution in [0.3, 0.4) is 0 Å². The minimum atomic E-state index is -2.95. The Balaban J connectivity index is 1.54. The van der Waals surface area contributed by atoms with Gasteiger partial charge in [-0.1, -0.05) is 125 Å². The maximum absolute atomic E-state index is 11.3. The number of rotatable bonds is 14. The molecule has 0 saturated heterocycles. The summed E-state index contributed by atoms with van der Waals surface area (Å²) in [6.07, 6.45) is 6.21. The molecule has 8 heteroatoms. The second-order valence-corrected chi connectivity index (χ2v) is 17.9. The van der Waals surface area contributed by atoms with Crippen LogP contribution in [0.15, 0.2) is 103 Å². The van der Waals surface area contributed by atoms with Crippen LogP contribution in [0, 0.1) is 5.92 Å². The number of fused-ring (bicyclic) bond motifs is 2. The lowest BCUT2D eigenvalue weighted by Crippen LogP contribution is -2.68. The van der Waals surface area contributed by atoms with E-state index in [4.69, 9.17) is 18.6 Å². The maximum atomic E-state index is 11.3. The van der Waals surface area contributed by atoms with E-state index in [1.54, 1.807) is 12.1 Å². The van der Waals surface area contributed by atoms with Crippen molar-refractivity contribution in [3.63, 3.8) is 0 Å². The Hall–Kier alpha value is -3.85. The molecule has 1 fully saturated rings. The summed E-state index contributed by atoms with van der Waals surface area (Å²) in [4.78, 5) is 11.3. The van der Waals surface area contributed by atoms with Gasteiger partial charge in [0.15, 0.2) is 18.1 Å². The molecule has 1 saturated carbocycles. The van der Waals surface area contributed by atoms with Gasteiger partial charge in [-0.3, -0.25) is 0 Å². The van der Waals surface area contributed by atoms with E-state index in [-0.39, 0.29) is 23.2 Å². The Morgan fingerprint density at radius 2 is 1.68 bits per heavy atom. The zero-order valence-corrected chi connectivity index (χ0v) is 28.9. The fourth-order valence-corrected chi connectivity index (χ4v) is 11.7. The van der Waals surface area contributed by atoms with Crippen LogP contribution in [-0.2, 0) is 9.22 Å². The molecule has 0 unspecified atom stereocenters. The van der Waals surface area contributed by atoms with Crippen molar-refractivity contribution in [1.82, 2.24) is 0 Å². The summed E-state index contributed by atoms with van der Waals surface area (Å²) in [6.45, 7) is 12.6. The number of carboxylic acids is 1. The van der Waals surface area contributed by atoms with E-state index in [9.17, 15) is 15.0 Å². The number of carbonyl (C=O) groups is 1. The summed E-state index contributed by atoms with van der Waals surface area (Å²) in [5.74, 6) is -0.0917. The number of aliphatic hydroxyl groups excluding tert-OH is 1. The normalized spacial score (nSPS) is 21.3. The zero-order valence-electron chi connectivity index (χ0n) is 27.9. The minimum Gasteiger partial charge on any atom is -0.482 e. The molecule has 0 aromatic heterocycles. The molecule has 0 amide bonds. The third-order valence-electron chi connectivity index (χ3n) is 9.15. The quantitative estimate of drug-likeness (QED) is 0.148. The number of carboxylic acid groups (broad SMARTS) is 1. The zero-order chi connectivity index (χ0) is 33.6. The first-order valence-electron chi connectivity index (χ1n) is 16.7. The molecule has 3 aromatic rings.